The summed E-state index contributed by atoms with van der Waals surface area (Å²) in [6.45, 7) is 4.13. The van der Waals surface area contributed by atoms with Gasteiger partial charge in [-0.05, 0) is 30.5 Å². The molecule has 0 aliphatic carbocycles. The van der Waals surface area contributed by atoms with Gasteiger partial charge in [0.2, 0.25) is 0 Å². The largest absolute Gasteiger partial charge is 0.481 e. The lowest BCUT2D eigenvalue weighted by Crippen LogP contribution is -2.35. The zero-order valence-electron chi connectivity index (χ0n) is 12.0. The number of hydrogen-bond acceptors (Lipinski definition) is 2. The predicted octanol–water partition coefficient (Wildman–Crippen LogP) is 2.87. The van der Waals surface area contributed by atoms with Crippen molar-refractivity contribution in [3.05, 3.63) is 29.8 Å². The van der Waals surface area contributed by atoms with Crippen molar-refractivity contribution < 1.29 is 14.7 Å². The van der Waals surface area contributed by atoms with Crippen molar-refractivity contribution in [1.29, 1.82) is 0 Å². The van der Waals surface area contributed by atoms with Crippen LogP contribution >= 0.6 is 0 Å². The molecule has 5 nitrogen and oxygen atoms in total. The fraction of sp³-hybridized carbons (Fsp3) is 0.467. The highest BCUT2D eigenvalue weighted by molar-refractivity contribution is 5.89. The molecule has 0 aromatic heterocycles. The summed E-state index contributed by atoms with van der Waals surface area (Å²) in [5, 5.41) is 14.3. The van der Waals surface area contributed by atoms with Crippen LogP contribution in [0.1, 0.15) is 32.3 Å². The normalized spacial score (nSPS) is 11.7. The van der Waals surface area contributed by atoms with Crippen LogP contribution in [0.25, 0.3) is 0 Å². The van der Waals surface area contributed by atoms with Crippen LogP contribution in [-0.4, -0.2) is 23.7 Å². The Morgan fingerprint density at radius 3 is 2.35 bits per heavy atom. The molecule has 1 rings (SSSR count). The highest BCUT2D eigenvalue weighted by atomic mass is 16.4. The summed E-state index contributed by atoms with van der Waals surface area (Å²) >= 11 is 0. The molecule has 0 bridgehead atoms. The van der Waals surface area contributed by atoms with Crippen molar-refractivity contribution in [3.63, 3.8) is 0 Å². The van der Waals surface area contributed by atoms with Gasteiger partial charge in [0.25, 0.3) is 0 Å². The number of urea groups is 1. The van der Waals surface area contributed by atoms with E-state index in [4.69, 9.17) is 5.11 Å². The van der Waals surface area contributed by atoms with Crippen LogP contribution in [0.3, 0.4) is 0 Å². The Hall–Kier alpha value is -2.04. The number of carbonyl (C=O) groups excluding carboxylic acids is 1. The van der Waals surface area contributed by atoms with E-state index in [1.807, 2.05) is 31.2 Å². The van der Waals surface area contributed by atoms with E-state index in [9.17, 15) is 9.59 Å². The molecule has 0 aliphatic heterocycles. The second-order valence-corrected chi connectivity index (χ2v) is 4.71. The molecule has 5 heteroatoms. The van der Waals surface area contributed by atoms with Crippen LogP contribution in [0.2, 0.25) is 0 Å². The summed E-state index contributed by atoms with van der Waals surface area (Å²) in [5.41, 5.74) is 1.90. The minimum absolute atomic E-state index is 0.141. The number of carboxylic acids is 1. The number of carbonyl (C=O) groups is 2. The van der Waals surface area contributed by atoms with E-state index in [1.54, 1.807) is 0 Å². The monoisotopic (exact) mass is 278 g/mol. The first-order valence-electron chi connectivity index (χ1n) is 6.93. The van der Waals surface area contributed by atoms with Crippen LogP contribution in [0.4, 0.5) is 10.5 Å². The lowest BCUT2D eigenvalue weighted by Gasteiger charge is -2.13. The van der Waals surface area contributed by atoms with Crippen molar-refractivity contribution in [2.75, 3.05) is 11.9 Å². The van der Waals surface area contributed by atoms with E-state index in [0.29, 0.717) is 12.1 Å². The summed E-state index contributed by atoms with van der Waals surface area (Å²) in [6, 6.07) is 7.19. The number of amides is 2. The van der Waals surface area contributed by atoms with Gasteiger partial charge in [-0.15, -0.1) is 0 Å². The molecule has 0 radical (unpaired) electrons. The maximum absolute atomic E-state index is 11.7. The highest BCUT2D eigenvalue weighted by Gasteiger charge is 2.17. The zero-order valence-corrected chi connectivity index (χ0v) is 12.0. The number of aryl methyl sites for hydroxylation is 1. The Kier molecular flexibility index (Phi) is 6.56. The Bertz CT molecular complexity index is 443. The van der Waals surface area contributed by atoms with Crippen LogP contribution in [-0.2, 0) is 11.2 Å². The summed E-state index contributed by atoms with van der Waals surface area (Å²) in [6.07, 6.45) is 2.28. The van der Waals surface area contributed by atoms with Gasteiger partial charge >= 0.3 is 12.0 Å². The third-order valence-corrected chi connectivity index (χ3v) is 3.12. The molecule has 1 aromatic rings. The molecule has 0 aliphatic rings. The standard InChI is InChI=1S/C15H22N2O3/c1-3-5-12(14(18)19)10-16-15(20)17-13-8-6-11(4-2)7-9-13/h6-9,12H,3-5,10H2,1-2H3,(H,18,19)(H2,16,17,20). The van der Waals surface area contributed by atoms with Crippen molar-refractivity contribution in [1.82, 2.24) is 5.32 Å². The van der Waals surface area contributed by atoms with E-state index in [-0.39, 0.29) is 12.6 Å². The summed E-state index contributed by atoms with van der Waals surface area (Å²) in [4.78, 5) is 22.6. The van der Waals surface area contributed by atoms with Crippen molar-refractivity contribution in [2.45, 2.75) is 33.1 Å². The van der Waals surface area contributed by atoms with Gasteiger partial charge in [0, 0.05) is 12.2 Å². The fourth-order valence-corrected chi connectivity index (χ4v) is 1.88. The lowest BCUT2D eigenvalue weighted by molar-refractivity contribution is -0.141. The van der Waals surface area contributed by atoms with E-state index in [1.165, 1.54) is 5.56 Å². The Labute approximate surface area is 119 Å². The average Bonchev–Trinajstić information content (AvgIpc) is 2.44. The van der Waals surface area contributed by atoms with Crippen LogP contribution in [0, 0.1) is 5.92 Å². The quantitative estimate of drug-likeness (QED) is 0.717. The Balaban J connectivity index is 2.44. The Morgan fingerprint density at radius 1 is 1.20 bits per heavy atom. The average molecular weight is 278 g/mol. The topological polar surface area (TPSA) is 78.4 Å². The van der Waals surface area contributed by atoms with Gasteiger partial charge in [0.15, 0.2) is 0 Å². The van der Waals surface area contributed by atoms with Gasteiger partial charge in [-0.1, -0.05) is 32.4 Å². The SMILES string of the molecule is CCCC(CNC(=O)Nc1ccc(CC)cc1)C(=O)O. The zero-order chi connectivity index (χ0) is 15.0. The molecule has 0 fully saturated rings. The van der Waals surface area contributed by atoms with Gasteiger partial charge in [0.1, 0.15) is 0 Å². The lowest BCUT2D eigenvalue weighted by atomic mass is 10.0. The summed E-state index contributed by atoms with van der Waals surface area (Å²) < 4.78 is 0. The molecule has 20 heavy (non-hydrogen) atoms. The molecule has 0 spiro atoms. The third kappa shape index (κ3) is 5.30. The first-order chi connectivity index (χ1) is 9.56. The second kappa shape index (κ2) is 8.19. The van der Waals surface area contributed by atoms with E-state index >= 15 is 0 Å². The van der Waals surface area contributed by atoms with Gasteiger partial charge in [0.05, 0.1) is 5.92 Å². The molecule has 0 heterocycles. The second-order valence-electron chi connectivity index (χ2n) is 4.71. The number of carboxylic acid groups (broad SMARTS) is 1. The van der Waals surface area contributed by atoms with E-state index < -0.39 is 11.9 Å². The molecule has 0 saturated carbocycles. The highest BCUT2D eigenvalue weighted by Crippen LogP contribution is 2.10. The Morgan fingerprint density at radius 2 is 1.85 bits per heavy atom. The number of aliphatic carboxylic acids is 1. The first kappa shape index (κ1) is 16.0. The van der Waals surface area contributed by atoms with Crippen LogP contribution < -0.4 is 10.6 Å². The van der Waals surface area contributed by atoms with Crippen LogP contribution in [0.15, 0.2) is 24.3 Å². The van der Waals surface area contributed by atoms with Gasteiger partial charge in [-0.25, -0.2) is 4.79 Å². The third-order valence-electron chi connectivity index (χ3n) is 3.12. The van der Waals surface area contributed by atoms with Gasteiger partial charge in [-0.3, -0.25) is 4.79 Å². The molecule has 3 N–H and O–H groups in total. The van der Waals surface area contributed by atoms with Crippen molar-refractivity contribution in [3.8, 4) is 0 Å². The number of rotatable bonds is 7. The predicted molar refractivity (Wildman–Crippen MR) is 78.9 cm³/mol. The molecule has 1 aromatic carbocycles. The summed E-state index contributed by atoms with van der Waals surface area (Å²) in [5.74, 6) is -1.41. The van der Waals surface area contributed by atoms with Crippen LogP contribution in [0.5, 0.6) is 0 Å². The van der Waals surface area contributed by atoms with E-state index in [0.717, 1.165) is 12.8 Å². The van der Waals surface area contributed by atoms with Crippen molar-refractivity contribution in [2.24, 2.45) is 5.92 Å². The minimum atomic E-state index is -0.876. The van der Waals surface area contributed by atoms with Gasteiger partial charge < -0.3 is 15.7 Å². The maximum atomic E-state index is 11.7. The molecule has 110 valence electrons. The van der Waals surface area contributed by atoms with Crippen molar-refractivity contribution >= 4 is 17.7 Å². The maximum Gasteiger partial charge on any atom is 0.319 e. The van der Waals surface area contributed by atoms with Gasteiger partial charge in [-0.2, -0.15) is 0 Å². The smallest absolute Gasteiger partial charge is 0.319 e. The fourth-order valence-electron chi connectivity index (χ4n) is 1.88. The number of hydrogen-bond donors (Lipinski definition) is 3. The first-order valence-corrected chi connectivity index (χ1v) is 6.93. The number of anilines is 1. The molecular weight excluding hydrogens is 256 g/mol. The summed E-state index contributed by atoms with van der Waals surface area (Å²) in [7, 11) is 0. The molecule has 2 amide bonds. The number of benzene rings is 1. The molecular formula is C15H22N2O3. The minimum Gasteiger partial charge on any atom is -0.481 e. The number of nitrogens with one attached hydrogen (secondary N) is 2. The molecule has 1 unspecified atom stereocenters. The molecule has 0 saturated heterocycles. The molecule has 1 atom stereocenters. The van der Waals surface area contributed by atoms with E-state index in [2.05, 4.69) is 17.6 Å².